The number of carbonyl (C=O) groups excluding carboxylic acids is 1. The summed E-state index contributed by atoms with van der Waals surface area (Å²) in [6.45, 7) is 8.57. The largest absolute Gasteiger partial charge is 0.486 e. The molecule has 1 amide bonds. The first-order valence-electron chi connectivity index (χ1n) is 9.37. The molecule has 0 aliphatic rings. The standard InChI is InChI=1S/C22H23ClN4O2S/c1-4-9-27-20(13-29-19-7-5-17(23)6-8-19)25-26-22(27)30-14-21(28)24-18-11-15(2)10-16(3)12-18/h4-8,10-12H,1,9,13-14H2,2-3H3,(H,24,28). The van der Waals surface area contributed by atoms with Crippen LogP contribution in [0, 0.1) is 13.8 Å². The number of nitrogens with zero attached hydrogens (tertiary/aromatic N) is 3. The van der Waals surface area contributed by atoms with Crippen LogP contribution in [-0.2, 0) is 17.9 Å². The molecule has 156 valence electrons. The Morgan fingerprint density at radius 3 is 2.57 bits per heavy atom. The highest BCUT2D eigenvalue weighted by molar-refractivity contribution is 7.99. The molecule has 0 unspecified atom stereocenters. The number of hydrogen-bond acceptors (Lipinski definition) is 5. The van der Waals surface area contributed by atoms with Crippen molar-refractivity contribution in [2.75, 3.05) is 11.1 Å². The molecule has 3 aromatic rings. The van der Waals surface area contributed by atoms with Crippen LogP contribution < -0.4 is 10.1 Å². The van der Waals surface area contributed by atoms with Crippen molar-refractivity contribution in [1.82, 2.24) is 14.8 Å². The number of hydrogen-bond donors (Lipinski definition) is 1. The highest BCUT2D eigenvalue weighted by Gasteiger charge is 2.14. The maximum absolute atomic E-state index is 12.4. The molecule has 0 radical (unpaired) electrons. The second-order valence-corrected chi connectivity index (χ2v) is 8.13. The van der Waals surface area contributed by atoms with E-state index in [0.717, 1.165) is 16.8 Å². The van der Waals surface area contributed by atoms with E-state index in [0.29, 0.717) is 28.3 Å². The average Bonchev–Trinajstić information content (AvgIpc) is 3.07. The van der Waals surface area contributed by atoms with Gasteiger partial charge in [0.05, 0.1) is 5.75 Å². The lowest BCUT2D eigenvalue weighted by Crippen LogP contribution is -2.15. The Labute approximate surface area is 185 Å². The van der Waals surface area contributed by atoms with Gasteiger partial charge >= 0.3 is 0 Å². The maximum Gasteiger partial charge on any atom is 0.234 e. The smallest absolute Gasteiger partial charge is 0.234 e. The number of anilines is 1. The quantitative estimate of drug-likeness (QED) is 0.371. The van der Waals surface area contributed by atoms with Crippen molar-refractivity contribution < 1.29 is 9.53 Å². The van der Waals surface area contributed by atoms with E-state index in [4.69, 9.17) is 16.3 Å². The van der Waals surface area contributed by atoms with E-state index >= 15 is 0 Å². The molecular formula is C22H23ClN4O2S. The van der Waals surface area contributed by atoms with Crippen LogP contribution in [0.2, 0.25) is 5.02 Å². The van der Waals surface area contributed by atoms with E-state index < -0.39 is 0 Å². The van der Waals surface area contributed by atoms with Gasteiger partial charge in [0.25, 0.3) is 0 Å². The van der Waals surface area contributed by atoms with E-state index in [1.165, 1.54) is 11.8 Å². The minimum atomic E-state index is -0.0999. The molecule has 1 N–H and O–H groups in total. The first-order valence-corrected chi connectivity index (χ1v) is 10.7. The summed E-state index contributed by atoms with van der Waals surface area (Å²) in [5, 5.41) is 12.6. The number of rotatable bonds is 9. The molecule has 0 bridgehead atoms. The SMILES string of the molecule is C=CCn1c(COc2ccc(Cl)cc2)nnc1SCC(=O)Nc1cc(C)cc(C)c1. The van der Waals surface area contributed by atoms with Gasteiger partial charge in [0, 0.05) is 17.3 Å². The lowest BCUT2D eigenvalue weighted by Gasteiger charge is -2.10. The predicted molar refractivity (Wildman–Crippen MR) is 121 cm³/mol. The summed E-state index contributed by atoms with van der Waals surface area (Å²) in [6, 6.07) is 13.1. The summed E-state index contributed by atoms with van der Waals surface area (Å²) in [7, 11) is 0. The summed E-state index contributed by atoms with van der Waals surface area (Å²) >= 11 is 7.22. The lowest BCUT2D eigenvalue weighted by molar-refractivity contribution is -0.113. The van der Waals surface area contributed by atoms with E-state index in [1.807, 2.05) is 30.5 Å². The van der Waals surface area contributed by atoms with E-state index in [1.54, 1.807) is 30.3 Å². The van der Waals surface area contributed by atoms with Crippen LogP contribution in [0.25, 0.3) is 0 Å². The van der Waals surface area contributed by atoms with E-state index in [2.05, 4.69) is 28.2 Å². The summed E-state index contributed by atoms with van der Waals surface area (Å²) in [4.78, 5) is 12.4. The number of aromatic nitrogens is 3. The van der Waals surface area contributed by atoms with Crippen molar-refractivity contribution >= 4 is 35.0 Å². The van der Waals surface area contributed by atoms with Gasteiger partial charge in [-0.2, -0.15) is 0 Å². The van der Waals surface area contributed by atoms with Crippen LogP contribution in [0.1, 0.15) is 17.0 Å². The van der Waals surface area contributed by atoms with Gasteiger partial charge in [-0.1, -0.05) is 35.5 Å². The molecule has 3 rings (SSSR count). The second kappa shape index (κ2) is 10.3. The zero-order valence-corrected chi connectivity index (χ0v) is 18.5. The van der Waals surface area contributed by atoms with Crippen molar-refractivity contribution in [3.8, 4) is 5.75 Å². The van der Waals surface area contributed by atoms with Gasteiger partial charge in [-0.25, -0.2) is 0 Å². The number of nitrogens with one attached hydrogen (secondary N) is 1. The summed E-state index contributed by atoms with van der Waals surface area (Å²) < 4.78 is 7.66. The molecule has 6 nitrogen and oxygen atoms in total. The van der Waals surface area contributed by atoms with Crippen molar-refractivity contribution in [2.45, 2.75) is 32.2 Å². The molecule has 0 aliphatic heterocycles. The molecule has 0 atom stereocenters. The molecule has 2 aromatic carbocycles. The lowest BCUT2D eigenvalue weighted by atomic mass is 10.1. The molecule has 0 saturated carbocycles. The first kappa shape index (κ1) is 21.9. The number of carbonyl (C=O) groups is 1. The number of amides is 1. The fourth-order valence-electron chi connectivity index (χ4n) is 2.90. The monoisotopic (exact) mass is 442 g/mol. The normalized spacial score (nSPS) is 10.6. The van der Waals surface area contributed by atoms with Crippen LogP contribution in [-0.4, -0.2) is 26.4 Å². The van der Waals surface area contributed by atoms with E-state index in [-0.39, 0.29) is 18.3 Å². The van der Waals surface area contributed by atoms with Gasteiger partial charge in [0.2, 0.25) is 5.91 Å². The van der Waals surface area contributed by atoms with Crippen molar-refractivity contribution in [3.05, 3.63) is 77.1 Å². The van der Waals surface area contributed by atoms with Gasteiger partial charge in [-0.15, -0.1) is 16.8 Å². The third kappa shape index (κ3) is 6.11. The fraction of sp³-hybridized carbons (Fsp3) is 0.227. The molecule has 0 saturated heterocycles. The second-order valence-electron chi connectivity index (χ2n) is 6.75. The molecule has 1 aromatic heterocycles. The van der Waals surface area contributed by atoms with Crippen molar-refractivity contribution in [2.24, 2.45) is 0 Å². The van der Waals surface area contributed by atoms with Crippen LogP contribution >= 0.6 is 23.4 Å². The van der Waals surface area contributed by atoms with Crippen LogP contribution in [0.3, 0.4) is 0 Å². The van der Waals surface area contributed by atoms with Gasteiger partial charge in [-0.05, 0) is 61.4 Å². The number of halogens is 1. The number of allylic oxidation sites excluding steroid dienone is 1. The van der Waals surface area contributed by atoms with Crippen LogP contribution in [0.4, 0.5) is 5.69 Å². The molecule has 0 aliphatic carbocycles. The number of ether oxygens (including phenoxy) is 1. The molecule has 1 heterocycles. The summed E-state index contributed by atoms with van der Waals surface area (Å²) in [6.07, 6.45) is 1.76. The maximum atomic E-state index is 12.4. The van der Waals surface area contributed by atoms with E-state index in [9.17, 15) is 4.79 Å². The van der Waals surface area contributed by atoms with Crippen LogP contribution in [0.5, 0.6) is 5.75 Å². The number of aryl methyl sites for hydroxylation is 2. The number of thioether (sulfide) groups is 1. The minimum Gasteiger partial charge on any atom is -0.486 e. The number of benzene rings is 2. The summed E-state index contributed by atoms with van der Waals surface area (Å²) in [5.41, 5.74) is 3.01. The Morgan fingerprint density at radius 1 is 1.20 bits per heavy atom. The van der Waals surface area contributed by atoms with Crippen molar-refractivity contribution in [3.63, 3.8) is 0 Å². The van der Waals surface area contributed by atoms with Crippen molar-refractivity contribution in [1.29, 1.82) is 0 Å². The Balaban J connectivity index is 1.61. The first-order chi connectivity index (χ1) is 14.4. The van der Waals surface area contributed by atoms with Gasteiger partial charge in [0.1, 0.15) is 12.4 Å². The third-order valence-electron chi connectivity index (χ3n) is 4.12. The third-order valence-corrected chi connectivity index (χ3v) is 5.34. The highest BCUT2D eigenvalue weighted by Crippen LogP contribution is 2.21. The minimum absolute atomic E-state index is 0.0999. The average molecular weight is 443 g/mol. The Bertz CT molecular complexity index is 1010. The fourth-order valence-corrected chi connectivity index (χ4v) is 3.79. The Morgan fingerprint density at radius 2 is 1.90 bits per heavy atom. The topological polar surface area (TPSA) is 69.0 Å². The zero-order valence-electron chi connectivity index (χ0n) is 16.9. The molecule has 0 fully saturated rings. The van der Waals surface area contributed by atoms with Gasteiger partial charge in [-0.3, -0.25) is 9.36 Å². The highest BCUT2D eigenvalue weighted by atomic mass is 35.5. The van der Waals surface area contributed by atoms with Gasteiger partial charge < -0.3 is 10.1 Å². The summed E-state index contributed by atoms with van der Waals surface area (Å²) in [5.74, 6) is 1.47. The Hall–Kier alpha value is -2.77. The molecular weight excluding hydrogens is 420 g/mol. The molecule has 30 heavy (non-hydrogen) atoms. The van der Waals surface area contributed by atoms with Gasteiger partial charge in [0.15, 0.2) is 11.0 Å². The Kier molecular flexibility index (Phi) is 7.54. The predicted octanol–water partition coefficient (Wildman–Crippen LogP) is 5.04. The zero-order chi connectivity index (χ0) is 21.5. The van der Waals surface area contributed by atoms with Crippen LogP contribution in [0.15, 0.2) is 60.3 Å². The molecule has 0 spiro atoms. The molecule has 8 heteroatoms.